The van der Waals surface area contributed by atoms with Crippen molar-refractivity contribution in [3.05, 3.63) is 28.8 Å². The summed E-state index contributed by atoms with van der Waals surface area (Å²) in [4.78, 5) is 11.9. The minimum absolute atomic E-state index is 0. The first-order valence-corrected chi connectivity index (χ1v) is 7.63. The maximum absolute atomic E-state index is 11.9. The Morgan fingerprint density at radius 1 is 1.05 bits per heavy atom. The van der Waals surface area contributed by atoms with E-state index in [4.69, 9.17) is 0 Å². The van der Waals surface area contributed by atoms with Crippen molar-refractivity contribution in [3.63, 3.8) is 0 Å². The zero-order valence-electron chi connectivity index (χ0n) is 13.7. The molecule has 1 rings (SSSR count). The van der Waals surface area contributed by atoms with Crippen LogP contribution in [-0.2, 0) is 4.79 Å². The molecule has 4 heteroatoms. The largest absolute Gasteiger partial charge is 0.324 e. The molecular formula is C17H29ClN2O. The Morgan fingerprint density at radius 3 is 2.24 bits per heavy atom. The normalized spacial score (nSPS) is 10.1. The Morgan fingerprint density at radius 2 is 1.67 bits per heavy atom. The highest BCUT2D eigenvalue weighted by molar-refractivity contribution is 5.93. The molecule has 1 aromatic rings. The summed E-state index contributed by atoms with van der Waals surface area (Å²) >= 11 is 0. The Labute approximate surface area is 135 Å². The molecule has 0 spiro atoms. The van der Waals surface area contributed by atoms with E-state index in [1.807, 2.05) is 13.8 Å². The van der Waals surface area contributed by atoms with Gasteiger partial charge in [0.2, 0.25) is 5.91 Å². The number of aryl methyl sites for hydroxylation is 3. The maximum Gasteiger partial charge on any atom is 0.238 e. The van der Waals surface area contributed by atoms with Crippen molar-refractivity contribution in [2.45, 2.75) is 53.4 Å². The summed E-state index contributed by atoms with van der Waals surface area (Å²) in [6.45, 7) is 9.65. The lowest BCUT2D eigenvalue weighted by Crippen LogP contribution is -2.29. The van der Waals surface area contributed by atoms with Gasteiger partial charge < -0.3 is 10.6 Å². The summed E-state index contributed by atoms with van der Waals surface area (Å²) in [6, 6.07) is 4.20. The van der Waals surface area contributed by atoms with Crippen molar-refractivity contribution < 1.29 is 4.79 Å². The lowest BCUT2D eigenvalue weighted by atomic mass is 10.1. The lowest BCUT2D eigenvalue weighted by Gasteiger charge is -2.13. The Bertz CT molecular complexity index is 423. The van der Waals surface area contributed by atoms with Crippen LogP contribution in [0, 0.1) is 20.8 Å². The van der Waals surface area contributed by atoms with Crippen LogP contribution in [-0.4, -0.2) is 19.0 Å². The molecule has 0 saturated carbocycles. The van der Waals surface area contributed by atoms with Gasteiger partial charge in [0.25, 0.3) is 0 Å². The van der Waals surface area contributed by atoms with Gasteiger partial charge in [0.05, 0.1) is 6.54 Å². The van der Waals surface area contributed by atoms with Gasteiger partial charge in [0, 0.05) is 5.69 Å². The summed E-state index contributed by atoms with van der Waals surface area (Å²) in [5.41, 5.74) is 4.43. The second kappa shape index (κ2) is 10.6. The first kappa shape index (κ1) is 19.9. The molecule has 0 aliphatic heterocycles. The number of nitrogens with one attached hydrogen (secondary N) is 2. The number of hydrogen-bond acceptors (Lipinski definition) is 2. The first-order chi connectivity index (χ1) is 9.54. The smallest absolute Gasteiger partial charge is 0.238 e. The monoisotopic (exact) mass is 312 g/mol. The number of amides is 1. The van der Waals surface area contributed by atoms with Gasteiger partial charge in [-0.15, -0.1) is 12.4 Å². The fourth-order valence-corrected chi connectivity index (χ4v) is 2.44. The minimum atomic E-state index is 0. The van der Waals surface area contributed by atoms with E-state index in [1.165, 1.54) is 24.8 Å². The van der Waals surface area contributed by atoms with Gasteiger partial charge in [0.15, 0.2) is 0 Å². The van der Waals surface area contributed by atoms with Crippen molar-refractivity contribution in [2.24, 2.45) is 0 Å². The van der Waals surface area contributed by atoms with Crippen LogP contribution in [0.3, 0.4) is 0 Å². The number of unbranched alkanes of at least 4 members (excludes halogenated alkanes) is 3. The fourth-order valence-electron chi connectivity index (χ4n) is 2.44. The van der Waals surface area contributed by atoms with Gasteiger partial charge >= 0.3 is 0 Å². The molecule has 0 radical (unpaired) electrons. The van der Waals surface area contributed by atoms with Gasteiger partial charge in [0.1, 0.15) is 0 Å². The molecule has 0 heterocycles. The number of carbonyl (C=O) groups is 1. The van der Waals surface area contributed by atoms with Crippen molar-refractivity contribution in [1.29, 1.82) is 0 Å². The molecule has 0 saturated heterocycles. The predicted molar refractivity (Wildman–Crippen MR) is 93.5 cm³/mol. The highest BCUT2D eigenvalue weighted by atomic mass is 35.5. The molecule has 0 bridgehead atoms. The topological polar surface area (TPSA) is 41.1 Å². The first-order valence-electron chi connectivity index (χ1n) is 7.63. The molecule has 0 fully saturated rings. The fraction of sp³-hybridized carbons (Fsp3) is 0.588. The van der Waals surface area contributed by atoms with Gasteiger partial charge in [-0.2, -0.15) is 0 Å². The third-order valence-electron chi connectivity index (χ3n) is 3.43. The molecule has 0 atom stereocenters. The quantitative estimate of drug-likeness (QED) is 0.708. The Balaban J connectivity index is 0.00000400. The highest BCUT2D eigenvalue weighted by Gasteiger charge is 2.07. The second-order valence-corrected chi connectivity index (χ2v) is 5.56. The molecule has 0 aliphatic rings. The van der Waals surface area contributed by atoms with E-state index in [0.717, 1.165) is 29.8 Å². The predicted octanol–water partition coefficient (Wildman–Crippen LogP) is 4.14. The second-order valence-electron chi connectivity index (χ2n) is 5.56. The summed E-state index contributed by atoms with van der Waals surface area (Å²) < 4.78 is 0. The lowest BCUT2D eigenvalue weighted by molar-refractivity contribution is -0.115. The van der Waals surface area contributed by atoms with Crippen molar-refractivity contribution in [1.82, 2.24) is 5.32 Å². The molecule has 120 valence electrons. The third-order valence-corrected chi connectivity index (χ3v) is 3.43. The number of rotatable bonds is 8. The van der Waals surface area contributed by atoms with Crippen LogP contribution in [0.15, 0.2) is 12.1 Å². The van der Waals surface area contributed by atoms with Crippen LogP contribution in [0.2, 0.25) is 0 Å². The molecule has 2 N–H and O–H groups in total. The van der Waals surface area contributed by atoms with E-state index in [0.29, 0.717) is 6.54 Å². The Hall–Kier alpha value is -1.06. The number of carbonyl (C=O) groups excluding carboxylic acids is 1. The minimum Gasteiger partial charge on any atom is -0.324 e. The van der Waals surface area contributed by atoms with E-state index in [1.54, 1.807) is 0 Å². The van der Waals surface area contributed by atoms with E-state index in [-0.39, 0.29) is 18.3 Å². The molecule has 1 amide bonds. The summed E-state index contributed by atoms with van der Waals surface area (Å²) in [5, 5.41) is 6.21. The van der Waals surface area contributed by atoms with Crippen molar-refractivity contribution >= 4 is 24.0 Å². The maximum atomic E-state index is 11.9. The number of halogens is 1. The average molecular weight is 313 g/mol. The zero-order valence-corrected chi connectivity index (χ0v) is 14.5. The molecule has 3 nitrogen and oxygen atoms in total. The molecular weight excluding hydrogens is 284 g/mol. The van der Waals surface area contributed by atoms with E-state index >= 15 is 0 Å². The van der Waals surface area contributed by atoms with Gasteiger partial charge in [-0.1, -0.05) is 43.9 Å². The van der Waals surface area contributed by atoms with Gasteiger partial charge in [-0.25, -0.2) is 0 Å². The van der Waals surface area contributed by atoms with E-state index in [2.05, 4.69) is 36.6 Å². The van der Waals surface area contributed by atoms with E-state index in [9.17, 15) is 4.79 Å². The van der Waals surface area contributed by atoms with Gasteiger partial charge in [-0.3, -0.25) is 4.79 Å². The summed E-state index contributed by atoms with van der Waals surface area (Å²) in [5.74, 6) is 0.0375. The summed E-state index contributed by atoms with van der Waals surface area (Å²) in [7, 11) is 0. The summed E-state index contributed by atoms with van der Waals surface area (Å²) in [6.07, 6.45) is 4.90. The number of benzene rings is 1. The van der Waals surface area contributed by atoms with Crippen LogP contribution in [0.1, 0.15) is 49.3 Å². The Kier molecular flexibility index (Phi) is 10.1. The van der Waals surface area contributed by atoms with Crippen LogP contribution in [0.4, 0.5) is 5.69 Å². The molecule has 21 heavy (non-hydrogen) atoms. The standard InChI is InChI=1S/C17H28N2O.ClH/c1-5-6-7-8-9-18-12-16(20)19-17-14(3)10-13(2)11-15(17)4;/h10-11,18H,5-9,12H2,1-4H3,(H,19,20);1H. The molecule has 0 aliphatic carbocycles. The van der Waals surface area contributed by atoms with Crippen molar-refractivity contribution in [2.75, 3.05) is 18.4 Å². The molecule has 0 unspecified atom stereocenters. The molecule has 0 aromatic heterocycles. The zero-order chi connectivity index (χ0) is 15.0. The SMILES string of the molecule is CCCCCCNCC(=O)Nc1c(C)cc(C)cc1C.Cl. The third kappa shape index (κ3) is 7.49. The number of hydrogen-bond donors (Lipinski definition) is 2. The van der Waals surface area contributed by atoms with Crippen LogP contribution < -0.4 is 10.6 Å². The van der Waals surface area contributed by atoms with E-state index < -0.39 is 0 Å². The van der Waals surface area contributed by atoms with Crippen LogP contribution >= 0.6 is 12.4 Å². The van der Waals surface area contributed by atoms with Crippen LogP contribution in [0.5, 0.6) is 0 Å². The number of anilines is 1. The van der Waals surface area contributed by atoms with Crippen LogP contribution in [0.25, 0.3) is 0 Å². The highest BCUT2D eigenvalue weighted by Crippen LogP contribution is 2.21. The molecule has 1 aromatic carbocycles. The van der Waals surface area contributed by atoms with Gasteiger partial charge in [-0.05, 0) is 44.9 Å². The van der Waals surface area contributed by atoms with Crippen molar-refractivity contribution in [3.8, 4) is 0 Å². The average Bonchev–Trinajstić information content (AvgIpc) is 2.38.